The fraction of sp³-hybridized carbons (Fsp3) is 0.591. The maximum Gasteiger partial charge on any atom is 0.106 e. The quantitative estimate of drug-likeness (QED) is 0.713. The van der Waals surface area contributed by atoms with Crippen LogP contribution in [0, 0.1) is 6.92 Å². The monoisotopic (exact) mass is 370 g/mol. The molecule has 1 aromatic carbocycles. The zero-order valence-corrected chi connectivity index (χ0v) is 16.8. The van der Waals surface area contributed by atoms with Gasteiger partial charge in [0.2, 0.25) is 0 Å². The van der Waals surface area contributed by atoms with Crippen LogP contribution >= 0.6 is 0 Å². The number of aryl methyl sites for hydroxylation is 3. The van der Waals surface area contributed by atoms with Gasteiger partial charge in [-0.2, -0.15) is 0 Å². The fourth-order valence-corrected chi connectivity index (χ4v) is 4.05. The minimum atomic E-state index is 0.259. The average Bonchev–Trinajstić information content (AvgIpc) is 3.04. The molecule has 0 saturated carbocycles. The Labute approximate surface area is 163 Å². The molecule has 1 aliphatic rings. The number of aromatic nitrogens is 2. The summed E-state index contributed by atoms with van der Waals surface area (Å²) in [7, 11) is 0. The van der Waals surface area contributed by atoms with Crippen molar-refractivity contribution < 1.29 is 5.11 Å². The van der Waals surface area contributed by atoms with Crippen LogP contribution in [0.5, 0.6) is 0 Å². The van der Waals surface area contributed by atoms with Gasteiger partial charge in [0, 0.05) is 50.9 Å². The molecular weight excluding hydrogens is 336 g/mol. The summed E-state index contributed by atoms with van der Waals surface area (Å²) in [6, 6.07) is 11.2. The SMILES string of the molecule is CCc1nc(CN2CCN(CCCc3ccccc3)C(CCO)C2)c(C)[nH]1. The van der Waals surface area contributed by atoms with Gasteiger partial charge < -0.3 is 10.1 Å². The van der Waals surface area contributed by atoms with E-state index < -0.39 is 0 Å². The second kappa shape index (κ2) is 10.0. The number of rotatable bonds is 9. The van der Waals surface area contributed by atoms with Gasteiger partial charge in [-0.25, -0.2) is 4.98 Å². The third-order valence-electron chi connectivity index (χ3n) is 5.65. The predicted molar refractivity (Wildman–Crippen MR) is 110 cm³/mol. The summed E-state index contributed by atoms with van der Waals surface area (Å²) in [6.07, 6.45) is 4.09. The van der Waals surface area contributed by atoms with Crippen LogP contribution in [-0.4, -0.2) is 63.7 Å². The molecule has 27 heavy (non-hydrogen) atoms. The zero-order valence-electron chi connectivity index (χ0n) is 16.8. The number of hydrogen-bond acceptors (Lipinski definition) is 4. The van der Waals surface area contributed by atoms with Crippen molar-refractivity contribution in [3.8, 4) is 0 Å². The van der Waals surface area contributed by atoms with E-state index in [1.807, 2.05) is 0 Å². The first-order chi connectivity index (χ1) is 13.2. The first-order valence-electron chi connectivity index (χ1n) is 10.3. The maximum absolute atomic E-state index is 9.53. The van der Waals surface area contributed by atoms with E-state index in [0.717, 1.165) is 57.8 Å². The van der Waals surface area contributed by atoms with Crippen molar-refractivity contribution in [2.45, 2.75) is 52.1 Å². The van der Waals surface area contributed by atoms with E-state index >= 15 is 0 Å². The smallest absolute Gasteiger partial charge is 0.106 e. The molecule has 0 spiro atoms. The molecule has 5 heteroatoms. The van der Waals surface area contributed by atoms with Crippen LogP contribution in [0.2, 0.25) is 0 Å². The van der Waals surface area contributed by atoms with Crippen molar-refractivity contribution in [3.63, 3.8) is 0 Å². The Morgan fingerprint density at radius 3 is 2.74 bits per heavy atom. The van der Waals surface area contributed by atoms with Crippen molar-refractivity contribution in [1.82, 2.24) is 19.8 Å². The van der Waals surface area contributed by atoms with Gasteiger partial charge in [0.15, 0.2) is 0 Å². The van der Waals surface area contributed by atoms with Gasteiger partial charge in [0.1, 0.15) is 5.82 Å². The molecule has 2 heterocycles. The standard InChI is InChI=1S/C22H34N4O/c1-3-22-23-18(2)21(24-22)17-25-13-14-26(20(16-25)11-15-27)12-7-10-19-8-5-4-6-9-19/h4-6,8-9,20,27H,3,7,10-17H2,1-2H3,(H,23,24). The minimum Gasteiger partial charge on any atom is -0.396 e. The van der Waals surface area contributed by atoms with Crippen LogP contribution < -0.4 is 0 Å². The Balaban J connectivity index is 1.52. The number of nitrogens with zero attached hydrogens (tertiary/aromatic N) is 3. The van der Waals surface area contributed by atoms with Crippen molar-refractivity contribution in [2.24, 2.45) is 0 Å². The van der Waals surface area contributed by atoms with Crippen LogP contribution in [0.25, 0.3) is 0 Å². The molecular formula is C22H34N4O. The number of aliphatic hydroxyl groups excluding tert-OH is 1. The summed E-state index contributed by atoms with van der Waals surface area (Å²) in [4.78, 5) is 13.2. The van der Waals surface area contributed by atoms with Crippen molar-refractivity contribution in [2.75, 3.05) is 32.8 Å². The van der Waals surface area contributed by atoms with Gasteiger partial charge in [-0.3, -0.25) is 9.80 Å². The van der Waals surface area contributed by atoms with E-state index in [2.05, 4.69) is 59.0 Å². The highest BCUT2D eigenvalue weighted by Gasteiger charge is 2.27. The Morgan fingerprint density at radius 1 is 1.22 bits per heavy atom. The zero-order chi connectivity index (χ0) is 19.1. The molecule has 3 rings (SSSR count). The highest BCUT2D eigenvalue weighted by molar-refractivity contribution is 5.15. The average molecular weight is 371 g/mol. The number of aliphatic hydroxyl groups is 1. The van der Waals surface area contributed by atoms with Crippen LogP contribution in [0.15, 0.2) is 30.3 Å². The number of imidazole rings is 1. The molecule has 1 aliphatic heterocycles. The lowest BCUT2D eigenvalue weighted by Crippen LogP contribution is -2.53. The molecule has 0 amide bonds. The summed E-state index contributed by atoms with van der Waals surface area (Å²) < 4.78 is 0. The van der Waals surface area contributed by atoms with Crippen LogP contribution in [0.4, 0.5) is 0 Å². The van der Waals surface area contributed by atoms with Gasteiger partial charge in [0.25, 0.3) is 0 Å². The number of H-pyrrole nitrogens is 1. The first-order valence-corrected chi connectivity index (χ1v) is 10.3. The molecule has 1 atom stereocenters. The van der Waals surface area contributed by atoms with E-state index in [0.29, 0.717) is 6.04 Å². The third-order valence-corrected chi connectivity index (χ3v) is 5.65. The minimum absolute atomic E-state index is 0.259. The largest absolute Gasteiger partial charge is 0.396 e. The number of hydrogen-bond donors (Lipinski definition) is 2. The second-order valence-corrected chi connectivity index (χ2v) is 7.64. The molecule has 2 aromatic rings. The van der Waals surface area contributed by atoms with Crippen LogP contribution in [0.1, 0.15) is 42.5 Å². The first kappa shape index (κ1) is 20.1. The van der Waals surface area contributed by atoms with Crippen LogP contribution in [-0.2, 0) is 19.4 Å². The molecule has 1 fully saturated rings. The molecule has 1 unspecified atom stereocenters. The summed E-state index contributed by atoms with van der Waals surface area (Å²) >= 11 is 0. The topological polar surface area (TPSA) is 55.4 Å². The lowest BCUT2D eigenvalue weighted by atomic mass is 10.1. The lowest BCUT2D eigenvalue weighted by Gasteiger charge is -2.41. The van der Waals surface area contributed by atoms with E-state index in [1.165, 1.54) is 23.4 Å². The Kier molecular flexibility index (Phi) is 7.44. The van der Waals surface area contributed by atoms with E-state index in [9.17, 15) is 5.11 Å². The van der Waals surface area contributed by atoms with Gasteiger partial charge >= 0.3 is 0 Å². The summed E-state index contributed by atoms with van der Waals surface area (Å²) in [6.45, 7) is 9.68. The van der Waals surface area contributed by atoms with Crippen molar-refractivity contribution in [3.05, 3.63) is 53.1 Å². The molecule has 0 radical (unpaired) electrons. The Morgan fingerprint density at radius 2 is 2.04 bits per heavy atom. The number of nitrogens with one attached hydrogen (secondary N) is 1. The second-order valence-electron chi connectivity index (χ2n) is 7.64. The maximum atomic E-state index is 9.53. The van der Waals surface area contributed by atoms with E-state index in [4.69, 9.17) is 4.98 Å². The molecule has 1 saturated heterocycles. The number of benzene rings is 1. The predicted octanol–water partition coefficient (Wildman–Crippen LogP) is 2.78. The van der Waals surface area contributed by atoms with Crippen molar-refractivity contribution >= 4 is 0 Å². The third kappa shape index (κ3) is 5.64. The van der Waals surface area contributed by atoms with Crippen molar-refractivity contribution in [1.29, 1.82) is 0 Å². The summed E-state index contributed by atoms with van der Waals surface area (Å²) in [5.74, 6) is 1.08. The molecule has 0 bridgehead atoms. The highest BCUT2D eigenvalue weighted by atomic mass is 16.3. The van der Waals surface area contributed by atoms with Crippen LogP contribution in [0.3, 0.4) is 0 Å². The fourth-order valence-electron chi connectivity index (χ4n) is 4.05. The van der Waals surface area contributed by atoms with Gasteiger partial charge in [-0.1, -0.05) is 37.3 Å². The molecule has 1 aromatic heterocycles. The normalized spacial score (nSPS) is 18.9. The summed E-state index contributed by atoms with van der Waals surface area (Å²) in [5, 5.41) is 9.53. The number of piperazine rings is 1. The molecule has 148 valence electrons. The van der Waals surface area contributed by atoms with Gasteiger partial charge in [0.05, 0.1) is 5.69 Å². The van der Waals surface area contributed by atoms with E-state index in [1.54, 1.807) is 0 Å². The van der Waals surface area contributed by atoms with E-state index in [-0.39, 0.29) is 6.61 Å². The Hall–Kier alpha value is -1.69. The molecule has 2 N–H and O–H groups in total. The molecule has 5 nitrogen and oxygen atoms in total. The Bertz CT molecular complexity index is 685. The number of aromatic amines is 1. The van der Waals surface area contributed by atoms with Gasteiger partial charge in [-0.05, 0) is 38.3 Å². The highest BCUT2D eigenvalue weighted by Crippen LogP contribution is 2.17. The molecule has 0 aliphatic carbocycles. The van der Waals surface area contributed by atoms with Gasteiger partial charge in [-0.15, -0.1) is 0 Å². The summed E-state index contributed by atoms with van der Waals surface area (Å²) in [5.41, 5.74) is 3.78. The lowest BCUT2D eigenvalue weighted by molar-refractivity contribution is 0.0540.